The van der Waals surface area contributed by atoms with Gasteiger partial charge in [0.05, 0.1) is 12.0 Å². The van der Waals surface area contributed by atoms with Crippen molar-refractivity contribution in [1.82, 2.24) is 0 Å². The van der Waals surface area contributed by atoms with Crippen LogP contribution >= 0.6 is 0 Å². The Hall–Kier alpha value is -4.40. The SMILES string of the molecule is Oc1cc(O)c2c(c1)O[C@H](c1ccccc1)[C@H](O)[C@H]2c1c(O)cc(O)c2c1O[C@H](c1ccccc1)[C@H](O)C2. The molecule has 0 radical (unpaired) electrons. The number of aromatic hydroxyl groups is 4. The van der Waals surface area contributed by atoms with Crippen LogP contribution in [0.15, 0.2) is 78.9 Å². The molecule has 0 spiro atoms. The van der Waals surface area contributed by atoms with Gasteiger partial charge in [-0.25, -0.2) is 0 Å². The van der Waals surface area contributed by atoms with E-state index in [-0.39, 0.29) is 57.6 Å². The standard InChI is InChI=1S/C30H26O8/c31-17-11-20(33)24-23(12-17)37-29(16-9-5-2-6-10-16)27(36)26(24)25-21(34)14-19(32)18-13-22(35)28(38-30(18)25)15-7-3-1-4-8-15/h1-12,14,22,26-29,31-36H,13H2/t22-,26-,27-,28-,29-/m1/s1. The molecule has 0 amide bonds. The Morgan fingerprint density at radius 2 is 1.24 bits per heavy atom. The highest BCUT2D eigenvalue weighted by atomic mass is 16.5. The first-order chi connectivity index (χ1) is 18.3. The predicted molar refractivity (Wildman–Crippen MR) is 137 cm³/mol. The van der Waals surface area contributed by atoms with Gasteiger partial charge < -0.3 is 40.1 Å². The van der Waals surface area contributed by atoms with Crippen molar-refractivity contribution in [1.29, 1.82) is 0 Å². The molecule has 4 aromatic carbocycles. The van der Waals surface area contributed by atoms with Crippen LogP contribution in [0.5, 0.6) is 34.5 Å². The van der Waals surface area contributed by atoms with Crippen LogP contribution in [0.2, 0.25) is 0 Å². The van der Waals surface area contributed by atoms with Gasteiger partial charge in [0.1, 0.15) is 46.7 Å². The fourth-order valence-electron chi connectivity index (χ4n) is 5.56. The van der Waals surface area contributed by atoms with E-state index in [1.165, 1.54) is 6.07 Å². The molecule has 6 N–H and O–H groups in total. The summed E-state index contributed by atoms with van der Waals surface area (Å²) in [5, 5.41) is 65.6. The fourth-order valence-corrected chi connectivity index (χ4v) is 5.56. The lowest BCUT2D eigenvalue weighted by molar-refractivity contribution is 0.00126. The molecule has 194 valence electrons. The second-order valence-electron chi connectivity index (χ2n) is 9.65. The van der Waals surface area contributed by atoms with Crippen LogP contribution < -0.4 is 9.47 Å². The van der Waals surface area contributed by atoms with E-state index < -0.39 is 30.3 Å². The summed E-state index contributed by atoms with van der Waals surface area (Å²) in [7, 11) is 0. The number of ether oxygens (including phenoxy) is 2. The van der Waals surface area contributed by atoms with Crippen molar-refractivity contribution in [2.75, 3.05) is 0 Å². The Morgan fingerprint density at radius 3 is 1.89 bits per heavy atom. The average Bonchev–Trinajstić information content (AvgIpc) is 2.90. The van der Waals surface area contributed by atoms with Gasteiger partial charge in [-0.15, -0.1) is 0 Å². The third-order valence-corrected chi connectivity index (χ3v) is 7.27. The van der Waals surface area contributed by atoms with E-state index in [4.69, 9.17) is 9.47 Å². The molecule has 2 heterocycles. The number of fused-ring (bicyclic) bond motifs is 2. The average molecular weight is 515 g/mol. The Kier molecular flexibility index (Phi) is 5.78. The highest BCUT2D eigenvalue weighted by Crippen LogP contribution is 2.56. The quantitative estimate of drug-likeness (QED) is 0.239. The molecule has 38 heavy (non-hydrogen) atoms. The van der Waals surface area contributed by atoms with Crippen LogP contribution in [0.3, 0.4) is 0 Å². The molecule has 0 aromatic heterocycles. The van der Waals surface area contributed by atoms with Crippen LogP contribution in [0.25, 0.3) is 0 Å². The molecule has 8 nitrogen and oxygen atoms in total. The van der Waals surface area contributed by atoms with Gasteiger partial charge in [-0.3, -0.25) is 0 Å². The molecule has 6 rings (SSSR count). The van der Waals surface area contributed by atoms with Gasteiger partial charge in [-0.1, -0.05) is 60.7 Å². The fraction of sp³-hybridized carbons (Fsp3) is 0.200. The summed E-state index contributed by atoms with van der Waals surface area (Å²) >= 11 is 0. The number of hydrogen-bond donors (Lipinski definition) is 6. The zero-order valence-corrected chi connectivity index (χ0v) is 20.1. The van der Waals surface area contributed by atoms with E-state index in [0.29, 0.717) is 11.1 Å². The summed E-state index contributed by atoms with van der Waals surface area (Å²) < 4.78 is 12.4. The minimum Gasteiger partial charge on any atom is -0.508 e. The van der Waals surface area contributed by atoms with Gasteiger partial charge >= 0.3 is 0 Å². The van der Waals surface area contributed by atoms with E-state index in [9.17, 15) is 30.6 Å². The minimum absolute atomic E-state index is 0.0316. The predicted octanol–water partition coefficient (Wildman–Crippen LogP) is 4.17. The summed E-state index contributed by atoms with van der Waals surface area (Å²) in [4.78, 5) is 0. The van der Waals surface area contributed by atoms with Crippen molar-refractivity contribution in [3.05, 3.63) is 107 Å². The Balaban J connectivity index is 1.57. The molecule has 0 unspecified atom stereocenters. The lowest BCUT2D eigenvalue weighted by Gasteiger charge is -2.40. The summed E-state index contributed by atoms with van der Waals surface area (Å²) in [5.74, 6) is -2.04. The first-order valence-electron chi connectivity index (χ1n) is 12.3. The van der Waals surface area contributed by atoms with Crippen LogP contribution in [-0.4, -0.2) is 42.8 Å². The summed E-state index contributed by atoms with van der Waals surface area (Å²) in [6.45, 7) is 0. The zero-order chi connectivity index (χ0) is 26.6. The monoisotopic (exact) mass is 514 g/mol. The van der Waals surface area contributed by atoms with Crippen molar-refractivity contribution < 1.29 is 40.1 Å². The largest absolute Gasteiger partial charge is 0.508 e. The number of aliphatic hydroxyl groups is 2. The highest BCUT2D eigenvalue weighted by molar-refractivity contribution is 5.65. The van der Waals surface area contributed by atoms with Gasteiger partial charge in [0.2, 0.25) is 0 Å². The van der Waals surface area contributed by atoms with Crippen LogP contribution in [0.1, 0.15) is 45.9 Å². The number of phenolic OH excluding ortho intramolecular Hbond substituents is 4. The summed E-state index contributed by atoms with van der Waals surface area (Å²) in [6.07, 6.45) is -3.99. The number of aliphatic hydroxyl groups excluding tert-OH is 2. The smallest absolute Gasteiger partial charge is 0.150 e. The lowest BCUT2D eigenvalue weighted by atomic mass is 9.77. The maximum atomic E-state index is 11.7. The van der Waals surface area contributed by atoms with Crippen molar-refractivity contribution in [2.45, 2.75) is 36.8 Å². The Labute approximate surface area is 218 Å². The zero-order valence-electron chi connectivity index (χ0n) is 20.1. The van der Waals surface area contributed by atoms with Crippen molar-refractivity contribution >= 4 is 0 Å². The molecule has 5 atom stereocenters. The van der Waals surface area contributed by atoms with E-state index in [2.05, 4.69) is 0 Å². The van der Waals surface area contributed by atoms with Crippen LogP contribution in [-0.2, 0) is 6.42 Å². The second kappa shape index (κ2) is 9.16. The van der Waals surface area contributed by atoms with E-state index in [1.54, 1.807) is 36.4 Å². The van der Waals surface area contributed by atoms with E-state index >= 15 is 0 Å². The number of hydrogen-bond acceptors (Lipinski definition) is 8. The Morgan fingerprint density at radius 1 is 0.632 bits per heavy atom. The van der Waals surface area contributed by atoms with Crippen LogP contribution in [0, 0.1) is 0 Å². The van der Waals surface area contributed by atoms with Gasteiger partial charge in [-0.2, -0.15) is 0 Å². The summed E-state index contributed by atoms with van der Waals surface area (Å²) in [5.41, 5.74) is 1.89. The molecule has 0 saturated carbocycles. The minimum atomic E-state index is -1.31. The lowest BCUT2D eigenvalue weighted by Crippen LogP contribution is -2.36. The van der Waals surface area contributed by atoms with Crippen molar-refractivity contribution in [2.24, 2.45) is 0 Å². The Bertz CT molecular complexity index is 1490. The van der Waals surface area contributed by atoms with E-state index in [1.807, 2.05) is 24.3 Å². The van der Waals surface area contributed by atoms with Crippen molar-refractivity contribution in [3.63, 3.8) is 0 Å². The maximum absolute atomic E-state index is 11.7. The number of phenols is 4. The topological polar surface area (TPSA) is 140 Å². The van der Waals surface area contributed by atoms with Crippen molar-refractivity contribution in [3.8, 4) is 34.5 Å². The third kappa shape index (κ3) is 3.86. The number of rotatable bonds is 3. The van der Waals surface area contributed by atoms with Gasteiger partial charge in [-0.05, 0) is 11.1 Å². The molecule has 0 bridgehead atoms. The summed E-state index contributed by atoms with van der Waals surface area (Å²) in [6, 6.07) is 21.7. The molecular weight excluding hydrogens is 488 g/mol. The molecule has 4 aromatic rings. The van der Waals surface area contributed by atoms with Gasteiger partial charge in [0.15, 0.2) is 6.10 Å². The molecule has 0 aliphatic carbocycles. The molecule has 2 aliphatic rings. The van der Waals surface area contributed by atoms with Gasteiger partial charge in [0.25, 0.3) is 0 Å². The molecule has 2 aliphatic heterocycles. The molecule has 0 fully saturated rings. The number of benzene rings is 4. The maximum Gasteiger partial charge on any atom is 0.150 e. The first kappa shape index (κ1) is 24.0. The third-order valence-electron chi connectivity index (χ3n) is 7.27. The van der Waals surface area contributed by atoms with Gasteiger partial charge in [0, 0.05) is 41.3 Å². The normalized spacial score (nSPS) is 24.0. The van der Waals surface area contributed by atoms with Crippen LogP contribution in [0.4, 0.5) is 0 Å². The molecular formula is C30H26O8. The first-order valence-corrected chi connectivity index (χ1v) is 12.3. The second-order valence-corrected chi connectivity index (χ2v) is 9.65. The molecule has 0 saturated heterocycles. The molecule has 8 heteroatoms. The van der Waals surface area contributed by atoms with E-state index in [0.717, 1.165) is 12.1 Å². The highest BCUT2D eigenvalue weighted by Gasteiger charge is 2.46.